The summed E-state index contributed by atoms with van der Waals surface area (Å²) in [4.78, 5) is 15.0. The van der Waals surface area contributed by atoms with Crippen molar-refractivity contribution in [2.24, 2.45) is 0 Å². The average Bonchev–Trinajstić information content (AvgIpc) is 2.66. The molecule has 1 N–H and O–H groups in total. The lowest BCUT2D eigenvalue weighted by Gasteiger charge is -2.33. The van der Waals surface area contributed by atoms with Crippen molar-refractivity contribution in [1.29, 1.82) is 0 Å². The molecule has 1 aromatic carbocycles. The van der Waals surface area contributed by atoms with Gasteiger partial charge in [0.15, 0.2) is 9.84 Å². The van der Waals surface area contributed by atoms with Gasteiger partial charge in [0, 0.05) is 19.3 Å². The van der Waals surface area contributed by atoms with E-state index in [1.54, 1.807) is 30.3 Å². The van der Waals surface area contributed by atoms with Crippen LogP contribution in [0.25, 0.3) is 0 Å². The molecule has 1 aromatic heterocycles. The smallest absolute Gasteiger partial charge is 0.337 e. The average molecular weight is 425 g/mol. The molecule has 0 bridgehead atoms. The Balaban J connectivity index is 1.92. The van der Waals surface area contributed by atoms with Crippen molar-refractivity contribution >= 4 is 31.7 Å². The number of anilines is 1. The maximum Gasteiger partial charge on any atom is 0.337 e. The molecule has 150 valence electrons. The summed E-state index contributed by atoms with van der Waals surface area (Å²) in [5.74, 6) is -1.57. The van der Waals surface area contributed by atoms with Crippen molar-refractivity contribution in [2.75, 3.05) is 28.9 Å². The lowest BCUT2D eigenvalue weighted by molar-refractivity contribution is 0.0696. The number of carboxylic acids is 1. The summed E-state index contributed by atoms with van der Waals surface area (Å²) >= 11 is 0. The maximum atomic E-state index is 13.2. The summed E-state index contributed by atoms with van der Waals surface area (Å²) in [6, 6.07) is 11.2. The number of pyridine rings is 1. The first kappa shape index (κ1) is 20.2. The summed E-state index contributed by atoms with van der Waals surface area (Å²) in [6.07, 6.45) is 1.17. The number of sulfone groups is 1. The van der Waals surface area contributed by atoms with Gasteiger partial charge in [-0.3, -0.25) is 9.29 Å². The highest BCUT2D eigenvalue weighted by atomic mass is 32.2. The van der Waals surface area contributed by atoms with E-state index in [-0.39, 0.29) is 36.7 Å². The van der Waals surface area contributed by atoms with Crippen LogP contribution in [-0.4, -0.2) is 61.8 Å². The Bertz CT molecular complexity index is 1040. The highest BCUT2D eigenvalue weighted by Crippen LogP contribution is 2.24. The first-order chi connectivity index (χ1) is 13.2. The normalized spacial score (nSPS) is 17.1. The highest BCUT2D eigenvalue weighted by Gasteiger charge is 2.34. The number of rotatable bonds is 6. The second kappa shape index (κ2) is 7.86. The van der Waals surface area contributed by atoms with E-state index in [4.69, 9.17) is 5.11 Å². The molecule has 11 heteroatoms. The first-order valence-electron chi connectivity index (χ1n) is 8.40. The van der Waals surface area contributed by atoms with Crippen molar-refractivity contribution in [3.05, 3.63) is 59.9 Å². The van der Waals surface area contributed by atoms with Crippen molar-refractivity contribution in [2.45, 2.75) is 6.54 Å². The molecule has 0 unspecified atom stereocenters. The minimum absolute atomic E-state index is 0.000828. The lowest BCUT2D eigenvalue weighted by Crippen LogP contribution is -2.50. The number of aromatic carboxylic acids is 1. The number of aromatic nitrogens is 1. The molecule has 0 radical (unpaired) electrons. The molecule has 0 atom stereocenters. The maximum absolute atomic E-state index is 13.2. The fourth-order valence-corrected chi connectivity index (χ4v) is 5.80. The van der Waals surface area contributed by atoms with Gasteiger partial charge >= 0.3 is 16.2 Å². The van der Waals surface area contributed by atoms with Gasteiger partial charge in [0.2, 0.25) is 0 Å². The zero-order valence-electron chi connectivity index (χ0n) is 14.8. The predicted molar refractivity (Wildman–Crippen MR) is 103 cm³/mol. The minimum atomic E-state index is -4.01. The number of carbonyl (C=O) groups is 1. The van der Waals surface area contributed by atoms with E-state index in [1.165, 1.54) is 18.3 Å². The van der Waals surface area contributed by atoms with E-state index in [9.17, 15) is 21.6 Å². The third-order valence-electron chi connectivity index (χ3n) is 4.33. The Hall–Kier alpha value is -2.50. The minimum Gasteiger partial charge on any atom is -0.478 e. The van der Waals surface area contributed by atoms with E-state index in [0.29, 0.717) is 11.4 Å². The Morgan fingerprint density at radius 2 is 1.75 bits per heavy atom. The number of hydrogen-bond acceptors (Lipinski definition) is 6. The number of benzene rings is 1. The van der Waals surface area contributed by atoms with Gasteiger partial charge in [-0.15, -0.1) is 0 Å². The van der Waals surface area contributed by atoms with Gasteiger partial charge in [0.25, 0.3) is 0 Å². The molecule has 1 aliphatic rings. The van der Waals surface area contributed by atoms with Gasteiger partial charge in [-0.05, 0) is 24.3 Å². The van der Waals surface area contributed by atoms with E-state index in [2.05, 4.69) is 4.98 Å². The molecule has 0 amide bonds. The highest BCUT2D eigenvalue weighted by molar-refractivity contribution is 7.92. The largest absolute Gasteiger partial charge is 0.478 e. The Labute approximate surface area is 163 Å². The number of para-hydroxylation sites is 1. The van der Waals surface area contributed by atoms with Crippen LogP contribution < -0.4 is 4.31 Å². The molecule has 0 spiro atoms. The number of nitrogens with zero attached hydrogens (tertiary/aromatic N) is 3. The van der Waals surface area contributed by atoms with E-state index >= 15 is 0 Å². The topological polar surface area (TPSA) is 125 Å². The molecule has 2 aromatic rings. The Morgan fingerprint density at radius 1 is 1.11 bits per heavy atom. The standard InChI is InChI=1S/C17H19N3O6S2/c21-17(22)14-6-7-15(18-12-14)13-20(16-4-2-1-3-5-16)28(25,26)19-8-10-27(23,24)11-9-19/h1-7,12H,8-11,13H2,(H,21,22). The van der Waals surface area contributed by atoms with Crippen LogP contribution in [0.4, 0.5) is 5.69 Å². The second-order valence-electron chi connectivity index (χ2n) is 6.24. The molecule has 2 heterocycles. The molecule has 1 fully saturated rings. The summed E-state index contributed by atoms with van der Waals surface area (Å²) in [6.45, 7) is -0.339. The van der Waals surface area contributed by atoms with Crippen LogP contribution in [0.3, 0.4) is 0 Å². The zero-order chi connectivity index (χ0) is 20.4. The third kappa shape index (κ3) is 4.49. The summed E-state index contributed by atoms with van der Waals surface area (Å²) in [5.41, 5.74) is 0.765. The number of carboxylic acid groups (broad SMARTS) is 1. The Morgan fingerprint density at radius 3 is 2.29 bits per heavy atom. The van der Waals surface area contributed by atoms with Crippen LogP contribution in [0.5, 0.6) is 0 Å². The summed E-state index contributed by atoms with van der Waals surface area (Å²) in [5, 5.41) is 8.98. The zero-order valence-corrected chi connectivity index (χ0v) is 16.4. The molecular weight excluding hydrogens is 406 g/mol. The monoisotopic (exact) mass is 425 g/mol. The van der Waals surface area contributed by atoms with Crippen molar-refractivity contribution in [1.82, 2.24) is 9.29 Å². The van der Waals surface area contributed by atoms with E-state index in [1.807, 2.05) is 0 Å². The van der Waals surface area contributed by atoms with Crippen LogP contribution in [0, 0.1) is 0 Å². The molecular formula is C17H19N3O6S2. The fourth-order valence-electron chi connectivity index (χ4n) is 2.76. The predicted octanol–water partition coefficient (Wildman–Crippen LogP) is 0.762. The van der Waals surface area contributed by atoms with Crippen LogP contribution in [0.15, 0.2) is 48.7 Å². The molecule has 28 heavy (non-hydrogen) atoms. The van der Waals surface area contributed by atoms with Gasteiger partial charge in [-0.1, -0.05) is 18.2 Å². The van der Waals surface area contributed by atoms with E-state index in [0.717, 1.165) is 8.61 Å². The first-order valence-corrected chi connectivity index (χ1v) is 11.6. The van der Waals surface area contributed by atoms with Gasteiger partial charge in [0.05, 0.1) is 35.0 Å². The van der Waals surface area contributed by atoms with E-state index < -0.39 is 26.0 Å². The molecule has 9 nitrogen and oxygen atoms in total. The molecule has 1 saturated heterocycles. The van der Waals surface area contributed by atoms with Gasteiger partial charge in [0.1, 0.15) is 0 Å². The fraction of sp³-hybridized carbons (Fsp3) is 0.294. The quantitative estimate of drug-likeness (QED) is 0.724. The molecule has 0 aliphatic carbocycles. The molecule has 0 saturated carbocycles. The summed E-state index contributed by atoms with van der Waals surface area (Å²) < 4.78 is 52.0. The van der Waals surface area contributed by atoms with Crippen molar-refractivity contribution in [3.63, 3.8) is 0 Å². The van der Waals surface area contributed by atoms with Crippen LogP contribution in [0.1, 0.15) is 16.1 Å². The Kier molecular flexibility index (Phi) is 5.68. The van der Waals surface area contributed by atoms with Gasteiger partial charge in [-0.2, -0.15) is 12.7 Å². The lowest BCUT2D eigenvalue weighted by atomic mass is 10.2. The van der Waals surface area contributed by atoms with Gasteiger partial charge < -0.3 is 5.11 Å². The number of hydrogen-bond donors (Lipinski definition) is 1. The summed E-state index contributed by atoms with van der Waals surface area (Å²) in [7, 11) is -7.24. The molecule has 3 rings (SSSR count). The van der Waals surface area contributed by atoms with Crippen LogP contribution in [-0.2, 0) is 26.6 Å². The second-order valence-corrected chi connectivity index (χ2v) is 10.4. The SMILES string of the molecule is O=C(O)c1ccc(CN(c2ccccc2)S(=O)(=O)N2CCS(=O)(=O)CC2)nc1. The van der Waals surface area contributed by atoms with Crippen LogP contribution >= 0.6 is 0 Å². The van der Waals surface area contributed by atoms with Crippen molar-refractivity contribution in [3.8, 4) is 0 Å². The van der Waals surface area contributed by atoms with Crippen molar-refractivity contribution < 1.29 is 26.7 Å². The molecule has 1 aliphatic heterocycles. The third-order valence-corrected chi connectivity index (χ3v) is 7.85. The van der Waals surface area contributed by atoms with Crippen LogP contribution in [0.2, 0.25) is 0 Å². The van der Waals surface area contributed by atoms with Gasteiger partial charge in [-0.25, -0.2) is 13.2 Å².